The van der Waals surface area contributed by atoms with Crippen LogP contribution >= 0.6 is 0 Å². The molecule has 0 aliphatic heterocycles. The van der Waals surface area contributed by atoms with Crippen LogP contribution in [0.1, 0.15) is 23.7 Å². The zero-order chi connectivity index (χ0) is 10.7. The van der Waals surface area contributed by atoms with E-state index in [4.69, 9.17) is 0 Å². The number of Topliss-reactive ketones (excluding diaryl/α,β-unsaturated/α-hetero) is 2. The van der Waals surface area contributed by atoms with Crippen LogP contribution in [0.25, 0.3) is 0 Å². The molecule has 0 heterocycles. The average Bonchev–Trinajstić information content (AvgIpc) is 2.19. The van der Waals surface area contributed by atoms with Crippen molar-refractivity contribution in [3.05, 3.63) is 35.4 Å². The lowest BCUT2D eigenvalue weighted by Gasteiger charge is -1.99. The Balaban J connectivity index is 3.12. The second-order valence-electron chi connectivity index (χ2n) is 2.73. The highest BCUT2D eigenvalue weighted by molar-refractivity contribution is 6.43. The largest absolute Gasteiger partial charge is 0.290 e. The number of carbonyl (C=O) groups is 2. The molecule has 0 aromatic heterocycles. The maximum absolute atomic E-state index is 13.0. The molecule has 1 aromatic carbocycles. The Hall–Kier alpha value is -1.58. The molecule has 0 amide bonds. The lowest BCUT2D eigenvalue weighted by atomic mass is 10.1. The second kappa shape index (κ2) is 4.09. The molecule has 0 spiro atoms. The van der Waals surface area contributed by atoms with E-state index in [1.807, 2.05) is 0 Å². The summed E-state index contributed by atoms with van der Waals surface area (Å²) in [7, 11) is 0. The first-order valence-corrected chi connectivity index (χ1v) is 4.08. The number of carbonyl (C=O) groups excluding carboxylic acids is 2. The Labute approximate surface area is 79.5 Å². The fourth-order valence-corrected chi connectivity index (χ4v) is 0.982. The van der Waals surface area contributed by atoms with Crippen molar-refractivity contribution in [1.29, 1.82) is 0 Å². The molecule has 74 valence electrons. The fraction of sp³-hybridized carbons (Fsp3) is 0.200. The molecule has 0 radical (unpaired) electrons. The molecule has 0 saturated carbocycles. The van der Waals surface area contributed by atoms with E-state index < -0.39 is 28.8 Å². The van der Waals surface area contributed by atoms with Gasteiger partial charge in [-0.25, -0.2) is 8.78 Å². The molecular formula is C10H8F2O2. The number of ketones is 2. The molecule has 0 bridgehead atoms. The van der Waals surface area contributed by atoms with E-state index in [0.29, 0.717) is 0 Å². The third-order valence-electron chi connectivity index (χ3n) is 1.75. The highest BCUT2D eigenvalue weighted by atomic mass is 19.1. The lowest BCUT2D eigenvalue weighted by Crippen LogP contribution is -2.14. The van der Waals surface area contributed by atoms with Gasteiger partial charge in [0.05, 0.1) is 5.56 Å². The molecule has 1 aromatic rings. The van der Waals surface area contributed by atoms with Gasteiger partial charge in [-0.2, -0.15) is 0 Å². The van der Waals surface area contributed by atoms with E-state index in [2.05, 4.69) is 0 Å². The Morgan fingerprint density at radius 1 is 1.29 bits per heavy atom. The molecule has 0 atom stereocenters. The molecule has 14 heavy (non-hydrogen) atoms. The van der Waals surface area contributed by atoms with E-state index in [0.717, 1.165) is 18.2 Å². The van der Waals surface area contributed by atoms with Gasteiger partial charge in [0.2, 0.25) is 11.6 Å². The third kappa shape index (κ3) is 2.02. The predicted molar refractivity (Wildman–Crippen MR) is 46.0 cm³/mol. The van der Waals surface area contributed by atoms with Crippen molar-refractivity contribution in [2.24, 2.45) is 0 Å². The minimum absolute atomic E-state index is 0.0191. The quantitative estimate of drug-likeness (QED) is 0.550. The summed E-state index contributed by atoms with van der Waals surface area (Å²) in [6.07, 6.45) is -0.0191. The van der Waals surface area contributed by atoms with Gasteiger partial charge in [0.1, 0.15) is 11.6 Å². The first-order valence-electron chi connectivity index (χ1n) is 4.08. The molecular weight excluding hydrogens is 190 g/mol. The van der Waals surface area contributed by atoms with Gasteiger partial charge in [0.25, 0.3) is 0 Å². The molecule has 2 nitrogen and oxygen atoms in total. The van der Waals surface area contributed by atoms with Crippen molar-refractivity contribution in [2.45, 2.75) is 13.3 Å². The zero-order valence-electron chi connectivity index (χ0n) is 7.51. The highest BCUT2D eigenvalue weighted by Gasteiger charge is 2.18. The SMILES string of the molecule is CCC(=O)C(=O)c1cc(F)ccc1F. The van der Waals surface area contributed by atoms with Crippen molar-refractivity contribution >= 4 is 11.6 Å². The summed E-state index contributed by atoms with van der Waals surface area (Å²) in [6.45, 7) is 1.48. The van der Waals surface area contributed by atoms with Gasteiger partial charge in [-0.3, -0.25) is 9.59 Å². The number of rotatable bonds is 3. The van der Waals surface area contributed by atoms with E-state index in [1.165, 1.54) is 6.92 Å². The van der Waals surface area contributed by atoms with Crippen molar-refractivity contribution < 1.29 is 18.4 Å². The third-order valence-corrected chi connectivity index (χ3v) is 1.75. The normalized spacial score (nSPS) is 9.93. The Bertz CT molecular complexity index is 386. The van der Waals surface area contributed by atoms with Gasteiger partial charge >= 0.3 is 0 Å². The van der Waals surface area contributed by atoms with Gasteiger partial charge in [0.15, 0.2) is 0 Å². The van der Waals surface area contributed by atoms with Crippen LogP contribution in [-0.4, -0.2) is 11.6 Å². The maximum atomic E-state index is 13.0. The molecule has 1 rings (SSSR count). The van der Waals surface area contributed by atoms with Gasteiger partial charge in [0, 0.05) is 6.42 Å². The molecule has 4 heteroatoms. The molecule has 0 N–H and O–H groups in total. The summed E-state index contributed by atoms with van der Waals surface area (Å²) >= 11 is 0. The van der Waals surface area contributed by atoms with Crippen LogP contribution in [-0.2, 0) is 4.79 Å². The summed E-state index contributed by atoms with van der Waals surface area (Å²) < 4.78 is 25.6. The topological polar surface area (TPSA) is 34.1 Å². The number of hydrogen-bond donors (Lipinski definition) is 0. The van der Waals surface area contributed by atoms with Crippen molar-refractivity contribution in [1.82, 2.24) is 0 Å². The first-order chi connectivity index (χ1) is 6.56. The summed E-state index contributed by atoms with van der Waals surface area (Å²) in [6, 6.07) is 2.44. The second-order valence-corrected chi connectivity index (χ2v) is 2.73. The first kappa shape index (κ1) is 10.5. The van der Waals surface area contributed by atoms with Crippen LogP contribution in [0.5, 0.6) is 0 Å². The summed E-state index contributed by atoms with van der Waals surface area (Å²) in [5.74, 6) is -3.32. The van der Waals surface area contributed by atoms with E-state index in [-0.39, 0.29) is 6.42 Å². The van der Waals surface area contributed by atoms with Crippen LogP contribution < -0.4 is 0 Å². The minimum atomic E-state index is -0.982. The number of hydrogen-bond acceptors (Lipinski definition) is 2. The van der Waals surface area contributed by atoms with Crippen LogP contribution in [0.15, 0.2) is 18.2 Å². The monoisotopic (exact) mass is 198 g/mol. The van der Waals surface area contributed by atoms with Crippen molar-refractivity contribution in [3.8, 4) is 0 Å². The Morgan fingerprint density at radius 2 is 1.93 bits per heavy atom. The fourth-order valence-electron chi connectivity index (χ4n) is 0.982. The van der Waals surface area contributed by atoms with Crippen LogP contribution in [0.2, 0.25) is 0 Å². The molecule has 0 saturated heterocycles. The Morgan fingerprint density at radius 3 is 2.50 bits per heavy atom. The average molecular weight is 198 g/mol. The summed E-state index contributed by atoms with van der Waals surface area (Å²) in [4.78, 5) is 22.1. The summed E-state index contributed by atoms with van der Waals surface area (Å²) in [5, 5.41) is 0. The van der Waals surface area contributed by atoms with Gasteiger partial charge in [-0.05, 0) is 18.2 Å². The summed E-state index contributed by atoms with van der Waals surface area (Å²) in [5.41, 5.74) is -0.503. The van der Waals surface area contributed by atoms with Crippen LogP contribution in [0.3, 0.4) is 0 Å². The highest BCUT2D eigenvalue weighted by Crippen LogP contribution is 2.11. The van der Waals surface area contributed by atoms with Gasteiger partial charge in [-0.1, -0.05) is 6.92 Å². The van der Waals surface area contributed by atoms with Crippen molar-refractivity contribution in [3.63, 3.8) is 0 Å². The van der Waals surface area contributed by atoms with Gasteiger partial charge in [-0.15, -0.1) is 0 Å². The lowest BCUT2D eigenvalue weighted by molar-refractivity contribution is -0.114. The maximum Gasteiger partial charge on any atom is 0.231 e. The standard InChI is InChI=1S/C10H8F2O2/c1-2-9(13)10(14)7-5-6(11)3-4-8(7)12/h3-5H,2H2,1H3. The van der Waals surface area contributed by atoms with E-state index in [9.17, 15) is 18.4 Å². The van der Waals surface area contributed by atoms with Gasteiger partial charge < -0.3 is 0 Å². The molecule has 0 fully saturated rings. The molecule has 0 unspecified atom stereocenters. The zero-order valence-corrected chi connectivity index (χ0v) is 7.51. The smallest absolute Gasteiger partial charge is 0.231 e. The minimum Gasteiger partial charge on any atom is -0.290 e. The van der Waals surface area contributed by atoms with E-state index in [1.54, 1.807) is 0 Å². The van der Waals surface area contributed by atoms with Crippen molar-refractivity contribution in [2.75, 3.05) is 0 Å². The number of halogens is 2. The predicted octanol–water partition coefficient (Wildman–Crippen LogP) is 2.13. The number of benzene rings is 1. The molecule has 0 aliphatic rings. The van der Waals surface area contributed by atoms with Crippen LogP contribution in [0.4, 0.5) is 8.78 Å². The molecule has 0 aliphatic carbocycles. The van der Waals surface area contributed by atoms with Crippen LogP contribution in [0, 0.1) is 11.6 Å². The van der Waals surface area contributed by atoms with E-state index >= 15 is 0 Å². The Kier molecular flexibility index (Phi) is 3.06.